The van der Waals surface area contributed by atoms with Crippen LogP contribution in [0.4, 0.5) is 0 Å². The van der Waals surface area contributed by atoms with Gasteiger partial charge in [0.05, 0.1) is 5.56 Å². The molecule has 0 fully saturated rings. The summed E-state index contributed by atoms with van der Waals surface area (Å²) in [4.78, 5) is 4.25. The highest BCUT2D eigenvalue weighted by atomic mass is 16.3. The van der Waals surface area contributed by atoms with Crippen molar-refractivity contribution in [2.45, 2.75) is 40.8 Å². The van der Waals surface area contributed by atoms with Crippen molar-refractivity contribution in [2.24, 2.45) is 13.0 Å². The molecule has 3 aromatic heterocycles. The summed E-state index contributed by atoms with van der Waals surface area (Å²) >= 11 is 0. The lowest BCUT2D eigenvalue weighted by atomic mass is 9.94. The van der Waals surface area contributed by atoms with E-state index >= 15 is 0 Å². The third kappa shape index (κ3) is 3.11. The second kappa shape index (κ2) is 7.19. The van der Waals surface area contributed by atoms with Crippen LogP contribution in [0, 0.1) is 26.5 Å². The highest BCUT2D eigenvalue weighted by molar-refractivity contribution is 6.09. The largest absolute Gasteiger partial charge is 0.437 e. The average Bonchev–Trinajstić information content (AvgIpc) is 3.20. The Morgan fingerprint density at radius 3 is 2.68 bits per heavy atom. The van der Waals surface area contributed by atoms with E-state index in [4.69, 9.17) is 15.4 Å². The maximum absolute atomic E-state index is 8.69. The molecular weight excluding hydrogens is 380 g/mol. The minimum absolute atomic E-state index is 0.105. The Bertz CT molecular complexity index is 1760. The number of rotatable bonds is 3. The van der Waals surface area contributed by atoms with E-state index < -0.39 is 20.1 Å². The van der Waals surface area contributed by atoms with E-state index in [1.165, 1.54) is 6.07 Å². The molecule has 0 N–H and O–H groups in total. The van der Waals surface area contributed by atoms with Crippen LogP contribution in [0.5, 0.6) is 0 Å². The Morgan fingerprint density at radius 2 is 1.90 bits per heavy atom. The molecule has 156 valence electrons. The number of fused-ring (bicyclic) bond motifs is 4. The van der Waals surface area contributed by atoms with Gasteiger partial charge in [0.15, 0.2) is 5.58 Å². The zero-order chi connectivity index (χ0) is 28.7. The molecule has 0 spiro atoms. The Balaban J connectivity index is 1.88. The predicted molar refractivity (Wildman–Crippen MR) is 128 cm³/mol. The van der Waals surface area contributed by atoms with Crippen LogP contribution in [0.3, 0.4) is 0 Å². The molecule has 0 aliphatic carbocycles. The van der Waals surface area contributed by atoms with Gasteiger partial charge < -0.3 is 4.42 Å². The van der Waals surface area contributed by atoms with Gasteiger partial charge in [-0.1, -0.05) is 26.0 Å². The second-order valence-corrected chi connectivity index (χ2v) is 8.27. The molecule has 0 saturated heterocycles. The fraction of sp³-hybridized carbons (Fsp3) is 0.286. The van der Waals surface area contributed by atoms with Crippen LogP contribution < -0.4 is 4.57 Å². The molecule has 0 unspecified atom stereocenters. The van der Waals surface area contributed by atoms with Crippen LogP contribution in [0.2, 0.25) is 0 Å². The van der Waals surface area contributed by atoms with Crippen molar-refractivity contribution in [3.63, 3.8) is 0 Å². The first-order valence-corrected chi connectivity index (χ1v) is 10.3. The lowest BCUT2D eigenvalue weighted by molar-refractivity contribution is -0.633. The first-order chi connectivity index (χ1) is 18.0. The Morgan fingerprint density at radius 1 is 1.06 bits per heavy atom. The van der Waals surface area contributed by atoms with Crippen LogP contribution in [0.25, 0.3) is 44.2 Å². The van der Waals surface area contributed by atoms with E-state index in [1.54, 1.807) is 25.1 Å². The zero-order valence-electron chi connectivity index (χ0n) is 26.0. The van der Waals surface area contributed by atoms with Gasteiger partial charge in [0.2, 0.25) is 16.9 Å². The van der Waals surface area contributed by atoms with Crippen molar-refractivity contribution in [1.82, 2.24) is 4.98 Å². The molecule has 3 nitrogen and oxygen atoms in total. The van der Waals surface area contributed by atoms with Gasteiger partial charge in [-0.3, -0.25) is 0 Å². The topological polar surface area (TPSA) is 29.9 Å². The van der Waals surface area contributed by atoms with Gasteiger partial charge >= 0.3 is 0 Å². The first kappa shape index (κ1) is 12.6. The molecule has 0 amide bonds. The first-order valence-electron chi connectivity index (χ1n) is 14.3. The highest BCUT2D eigenvalue weighted by Gasteiger charge is 2.24. The average molecular weight is 418 g/mol. The Hall–Kier alpha value is -3.20. The van der Waals surface area contributed by atoms with Gasteiger partial charge in [0.1, 0.15) is 7.05 Å². The van der Waals surface area contributed by atoms with Crippen LogP contribution >= 0.6 is 0 Å². The Kier molecular flexibility index (Phi) is 2.92. The van der Waals surface area contributed by atoms with Gasteiger partial charge in [-0.2, -0.15) is 4.57 Å². The van der Waals surface area contributed by atoms with E-state index in [0.717, 1.165) is 10.9 Å². The van der Waals surface area contributed by atoms with Gasteiger partial charge in [0.25, 0.3) is 0 Å². The third-order valence-electron chi connectivity index (χ3n) is 5.80. The van der Waals surface area contributed by atoms with Gasteiger partial charge in [0, 0.05) is 45.0 Å². The van der Waals surface area contributed by atoms with Crippen molar-refractivity contribution >= 4 is 33.0 Å². The minimum Gasteiger partial charge on any atom is -0.437 e. The summed E-state index contributed by atoms with van der Waals surface area (Å²) in [5.41, 5.74) is 3.71. The molecule has 0 saturated carbocycles. The summed E-state index contributed by atoms with van der Waals surface area (Å²) in [5, 5.41) is 1.82. The van der Waals surface area contributed by atoms with Crippen LogP contribution in [0.15, 0.2) is 52.9 Å². The summed E-state index contributed by atoms with van der Waals surface area (Å²) < 4.78 is 73.3. The molecule has 0 aliphatic rings. The molecule has 5 rings (SSSR count). The minimum atomic E-state index is -2.42. The van der Waals surface area contributed by atoms with Gasteiger partial charge in [-0.15, -0.1) is 0 Å². The van der Waals surface area contributed by atoms with Gasteiger partial charge in [-0.05, 0) is 73.9 Å². The predicted octanol–water partition coefficient (Wildman–Crippen LogP) is 6.75. The fourth-order valence-corrected chi connectivity index (χ4v) is 4.30. The fourth-order valence-electron chi connectivity index (χ4n) is 4.30. The summed E-state index contributed by atoms with van der Waals surface area (Å²) in [5.74, 6) is -0.242. The second-order valence-electron chi connectivity index (χ2n) is 8.27. The maximum Gasteiger partial charge on any atom is 0.227 e. The smallest absolute Gasteiger partial charge is 0.227 e. The molecule has 5 aromatic rings. The molecular formula is C28H29N2O+. The summed E-state index contributed by atoms with van der Waals surface area (Å²) in [6.07, 6.45) is -1.55. The number of aromatic nitrogens is 2. The summed E-state index contributed by atoms with van der Waals surface area (Å²) in [7, 11) is 1.85. The third-order valence-corrected chi connectivity index (χ3v) is 5.80. The lowest BCUT2D eigenvalue weighted by Gasteiger charge is -2.12. The lowest BCUT2D eigenvalue weighted by Crippen LogP contribution is -2.32. The highest BCUT2D eigenvalue weighted by Crippen LogP contribution is 2.38. The molecule has 0 atom stereocenters. The molecule has 2 aromatic carbocycles. The van der Waals surface area contributed by atoms with Crippen LogP contribution in [-0.2, 0) is 13.4 Å². The molecule has 3 heterocycles. The van der Waals surface area contributed by atoms with Crippen molar-refractivity contribution in [3.05, 3.63) is 70.9 Å². The number of nitrogens with zero attached hydrogens (tertiary/aromatic N) is 2. The molecule has 0 radical (unpaired) electrons. The van der Waals surface area contributed by atoms with Crippen LogP contribution in [-0.4, -0.2) is 4.98 Å². The van der Waals surface area contributed by atoms with Crippen LogP contribution in [0.1, 0.15) is 47.2 Å². The Labute approximate surface area is 194 Å². The number of hydrogen-bond donors (Lipinski definition) is 0. The van der Waals surface area contributed by atoms with E-state index in [-0.39, 0.29) is 22.9 Å². The van der Waals surface area contributed by atoms with Crippen molar-refractivity contribution in [3.8, 4) is 11.3 Å². The quantitative estimate of drug-likeness (QED) is 0.304. The van der Waals surface area contributed by atoms with E-state index in [9.17, 15) is 0 Å². The maximum atomic E-state index is 8.69. The summed E-state index contributed by atoms with van der Waals surface area (Å²) in [6.45, 7) is 0.614. The normalized spacial score (nSPS) is 17.1. The monoisotopic (exact) mass is 417 g/mol. The number of pyridine rings is 2. The van der Waals surface area contributed by atoms with E-state index in [1.807, 2.05) is 49.7 Å². The molecule has 0 aliphatic heterocycles. The van der Waals surface area contributed by atoms with E-state index in [2.05, 4.69) is 4.98 Å². The van der Waals surface area contributed by atoms with E-state index in [0.29, 0.717) is 38.7 Å². The SMILES string of the molecule is [2H]C([2H])([2H])c1ccc2c(n1)oc1c(-c3ccc4c(C([2H])([2H])C(C)C)cccc4[n+]3C)c(C)c(C([2H])([2H])[2H])cc12. The van der Waals surface area contributed by atoms with Crippen molar-refractivity contribution in [1.29, 1.82) is 0 Å². The van der Waals surface area contributed by atoms with Gasteiger partial charge in [-0.25, -0.2) is 4.98 Å². The summed E-state index contributed by atoms with van der Waals surface area (Å²) in [6, 6.07) is 13.8. The number of aryl methyl sites for hydroxylation is 3. The number of benzene rings is 2. The zero-order valence-corrected chi connectivity index (χ0v) is 18.0. The van der Waals surface area contributed by atoms with Crippen molar-refractivity contribution in [2.75, 3.05) is 0 Å². The molecule has 3 heteroatoms. The number of hydrogen-bond acceptors (Lipinski definition) is 2. The molecule has 31 heavy (non-hydrogen) atoms. The van der Waals surface area contributed by atoms with Crippen molar-refractivity contribution < 1.29 is 20.0 Å². The standard InChI is InChI=1S/C28H29N2O/c1-16(2)14-20-8-7-9-24-21(20)12-13-25(30(24)6)26-19(5)17(3)15-23-22-11-10-18(4)29-28(22)31-27(23)26/h7-13,15-16H,14H2,1-6H3/q+1/i3D3,4D3,14D2. The number of furan rings is 1. The molecule has 0 bridgehead atoms.